The van der Waals surface area contributed by atoms with E-state index in [1.807, 2.05) is 19.2 Å². The second-order valence-corrected chi connectivity index (χ2v) is 7.99. The average Bonchev–Trinajstić information content (AvgIpc) is 2.66. The van der Waals surface area contributed by atoms with Gasteiger partial charge in [0.15, 0.2) is 5.96 Å². The third kappa shape index (κ3) is 6.29. The molecule has 0 bridgehead atoms. The van der Waals surface area contributed by atoms with E-state index in [-0.39, 0.29) is 35.8 Å². The Balaban J connectivity index is 0.00000280. The van der Waals surface area contributed by atoms with E-state index >= 15 is 0 Å². The van der Waals surface area contributed by atoms with Crippen LogP contribution >= 0.6 is 24.0 Å². The summed E-state index contributed by atoms with van der Waals surface area (Å²) in [6.45, 7) is 10.7. The molecule has 0 saturated carbocycles. The fourth-order valence-corrected chi connectivity index (χ4v) is 4.39. The van der Waals surface area contributed by atoms with E-state index in [0.29, 0.717) is 11.8 Å². The number of aliphatic imine (C=N–C) groups is 1. The number of piperidine rings is 1. The van der Waals surface area contributed by atoms with Crippen LogP contribution in [0.2, 0.25) is 0 Å². The van der Waals surface area contributed by atoms with Crippen LogP contribution in [0.5, 0.6) is 0 Å². The highest BCUT2D eigenvalue weighted by molar-refractivity contribution is 14.0. The maximum Gasteiger partial charge on any atom is 0.193 e. The number of likely N-dealkylation sites (tertiary alicyclic amines) is 1. The maximum absolute atomic E-state index is 13.4. The molecule has 3 atom stereocenters. The van der Waals surface area contributed by atoms with Gasteiger partial charge in [0.1, 0.15) is 5.82 Å². The van der Waals surface area contributed by atoms with E-state index in [1.54, 1.807) is 12.1 Å². The number of hydrogen-bond acceptors (Lipinski definition) is 3. The molecule has 5 nitrogen and oxygen atoms in total. The lowest BCUT2D eigenvalue weighted by Gasteiger charge is -2.39. The Morgan fingerprint density at radius 1 is 1.18 bits per heavy atom. The van der Waals surface area contributed by atoms with Gasteiger partial charge >= 0.3 is 0 Å². The molecular formula is C21H34FIN4O. The number of nitrogens with zero attached hydrogens (tertiary/aromatic N) is 3. The van der Waals surface area contributed by atoms with Gasteiger partial charge in [0.05, 0.1) is 19.3 Å². The Morgan fingerprint density at radius 3 is 2.36 bits per heavy atom. The van der Waals surface area contributed by atoms with Gasteiger partial charge in [-0.3, -0.25) is 9.89 Å². The van der Waals surface area contributed by atoms with Crippen molar-refractivity contribution in [2.75, 3.05) is 53.0 Å². The molecule has 1 aromatic carbocycles. The van der Waals surface area contributed by atoms with Crippen LogP contribution in [0, 0.1) is 17.7 Å². The molecule has 1 aromatic rings. The summed E-state index contributed by atoms with van der Waals surface area (Å²) in [6.07, 6.45) is 1.28. The minimum absolute atomic E-state index is 0. The molecule has 2 heterocycles. The molecule has 2 saturated heterocycles. The normalized spacial score (nSPS) is 25.1. The number of halogens is 2. The van der Waals surface area contributed by atoms with Crippen LogP contribution < -0.4 is 5.32 Å². The van der Waals surface area contributed by atoms with E-state index in [1.165, 1.54) is 6.42 Å². The summed E-state index contributed by atoms with van der Waals surface area (Å²) in [7, 11) is 1.86. The van der Waals surface area contributed by atoms with Crippen LogP contribution in [-0.4, -0.2) is 68.7 Å². The highest BCUT2D eigenvalue weighted by Crippen LogP contribution is 2.23. The number of ether oxygens (including phenoxy) is 1. The minimum atomic E-state index is -0.195. The molecule has 0 aromatic heterocycles. The summed E-state index contributed by atoms with van der Waals surface area (Å²) in [4.78, 5) is 9.32. The standard InChI is InChI=1S/C21H33FN4O.HI/c1-16-12-17(2)15-26(14-16)21(23-3)24-13-20(25-8-10-27-11-9-25)18-4-6-19(22)7-5-18;/h4-7,16-17,20H,8-15H2,1-3H3,(H,23,24);1H. The van der Waals surface area contributed by atoms with Crippen molar-refractivity contribution in [3.05, 3.63) is 35.6 Å². The van der Waals surface area contributed by atoms with Crippen LogP contribution in [0.4, 0.5) is 4.39 Å². The molecule has 2 fully saturated rings. The Bertz CT molecular complexity index is 611. The second kappa shape index (κ2) is 11.3. The van der Waals surface area contributed by atoms with Crippen molar-refractivity contribution in [2.45, 2.75) is 26.3 Å². The quantitative estimate of drug-likeness (QED) is 0.388. The van der Waals surface area contributed by atoms with Crippen molar-refractivity contribution < 1.29 is 9.13 Å². The summed E-state index contributed by atoms with van der Waals surface area (Å²) < 4.78 is 18.9. The zero-order chi connectivity index (χ0) is 19.2. The Kier molecular flexibility index (Phi) is 9.43. The molecule has 7 heteroatoms. The zero-order valence-electron chi connectivity index (χ0n) is 17.2. The Hall–Kier alpha value is -0.930. The Morgan fingerprint density at radius 2 is 1.79 bits per heavy atom. The lowest BCUT2D eigenvalue weighted by molar-refractivity contribution is 0.0168. The molecule has 3 rings (SSSR count). The van der Waals surface area contributed by atoms with Gasteiger partial charge in [-0.15, -0.1) is 24.0 Å². The van der Waals surface area contributed by atoms with Crippen LogP contribution in [0.25, 0.3) is 0 Å². The van der Waals surface area contributed by atoms with Crippen molar-refractivity contribution in [1.29, 1.82) is 0 Å². The highest BCUT2D eigenvalue weighted by atomic mass is 127. The van der Waals surface area contributed by atoms with Crippen molar-refractivity contribution in [3.63, 3.8) is 0 Å². The fraction of sp³-hybridized carbons (Fsp3) is 0.667. The van der Waals surface area contributed by atoms with Gasteiger partial charge in [-0.1, -0.05) is 26.0 Å². The van der Waals surface area contributed by atoms with Gasteiger partial charge in [0, 0.05) is 39.8 Å². The third-order valence-electron chi connectivity index (χ3n) is 5.57. The highest BCUT2D eigenvalue weighted by Gasteiger charge is 2.26. The van der Waals surface area contributed by atoms with Crippen LogP contribution in [0.3, 0.4) is 0 Å². The van der Waals surface area contributed by atoms with E-state index in [2.05, 4.69) is 34.0 Å². The van der Waals surface area contributed by atoms with E-state index in [9.17, 15) is 4.39 Å². The van der Waals surface area contributed by atoms with Gasteiger partial charge in [-0.2, -0.15) is 0 Å². The zero-order valence-corrected chi connectivity index (χ0v) is 19.6. The molecule has 2 aliphatic rings. The number of hydrogen-bond donors (Lipinski definition) is 1. The number of morpholine rings is 1. The molecule has 28 heavy (non-hydrogen) atoms. The maximum atomic E-state index is 13.4. The molecule has 158 valence electrons. The van der Waals surface area contributed by atoms with Crippen molar-refractivity contribution in [1.82, 2.24) is 15.1 Å². The summed E-state index contributed by atoms with van der Waals surface area (Å²) in [5.74, 6) is 2.13. The number of guanidine groups is 1. The number of nitrogens with one attached hydrogen (secondary N) is 1. The van der Waals surface area contributed by atoms with E-state index in [0.717, 1.165) is 57.5 Å². The van der Waals surface area contributed by atoms with E-state index < -0.39 is 0 Å². The number of benzene rings is 1. The first-order valence-corrected chi connectivity index (χ1v) is 10.1. The van der Waals surface area contributed by atoms with E-state index in [4.69, 9.17) is 4.74 Å². The summed E-state index contributed by atoms with van der Waals surface area (Å²) in [5, 5.41) is 3.59. The van der Waals surface area contributed by atoms with Crippen LogP contribution in [0.15, 0.2) is 29.3 Å². The van der Waals surface area contributed by atoms with Gasteiger partial charge in [0.25, 0.3) is 0 Å². The third-order valence-corrected chi connectivity index (χ3v) is 5.57. The predicted molar refractivity (Wildman–Crippen MR) is 123 cm³/mol. The molecule has 3 unspecified atom stereocenters. The molecular weight excluding hydrogens is 470 g/mol. The summed E-state index contributed by atoms with van der Waals surface area (Å²) in [6, 6.07) is 7.05. The molecule has 2 aliphatic heterocycles. The van der Waals surface area contributed by atoms with Crippen molar-refractivity contribution >= 4 is 29.9 Å². The molecule has 0 spiro atoms. The molecule has 0 amide bonds. The van der Waals surface area contributed by atoms with Crippen LogP contribution in [-0.2, 0) is 4.74 Å². The first-order chi connectivity index (χ1) is 13.1. The van der Waals surface area contributed by atoms with Crippen molar-refractivity contribution in [2.24, 2.45) is 16.8 Å². The second-order valence-electron chi connectivity index (χ2n) is 7.99. The predicted octanol–water partition coefficient (Wildman–Crippen LogP) is 3.37. The Labute approximate surface area is 185 Å². The monoisotopic (exact) mass is 504 g/mol. The minimum Gasteiger partial charge on any atom is -0.379 e. The fourth-order valence-electron chi connectivity index (χ4n) is 4.39. The first kappa shape index (κ1) is 23.3. The van der Waals surface area contributed by atoms with Gasteiger partial charge in [0.2, 0.25) is 0 Å². The van der Waals surface area contributed by atoms with Gasteiger partial charge < -0.3 is 15.0 Å². The molecule has 0 aliphatic carbocycles. The SMILES string of the molecule is CN=C(NCC(c1ccc(F)cc1)N1CCOCC1)N1CC(C)CC(C)C1.I. The largest absolute Gasteiger partial charge is 0.379 e. The summed E-state index contributed by atoms with van der Waals surface area (Å²) >= 11 is 0. The van der Waals surface area contributed by atoms with Crippen LogP contribution in [0.1, 0.15) is 31.9 Å². The number of rotatable bonds is 4. The van der Waals surface area contributed by atoms with Gasteiger partial charge in [-0.25, -0.2) is 4.39 Å². The van der Waals surface area contributed by atoms with Gasteiger partial charge in [-0.05, 0) is 36.0 Å². The topological polar surface area (TPSA) is 40.1 Å². The summed E-state index contributed by atoms with van der Waals surface area (Å²) in [5.41, 5.74) is 1.13. The lowest BCUT2D eigenvalue weighted by atomic mass is 9.92. The lowest BCUT2D eigenvalue weighted by Crippen LogP contribution is -2.51. The van der Waals surface area contributed by atoms with Crippen molar-refractivity contribution in [3.8, 4) is 0 Å². The average molecular weight is 504 g/mol. The molecule has 1 N–H and O–H groups in total. The first-order valence-electron chi connectivity index (χ1n) is 10.1. The smallest absolute Gasteiger partial charge is 0.193 e. The molecule has 0 radical (unpaired) electrons.